The van der Waals surface area contributed by atoms with Gasteiger partial charge in [-0.3, -0.25) is 9.36 Å². The molecule has 0 unspecified atom stereocenters. The molecule has 1 N–H and O–H groups in total. The fourth-order valence-corrected chi connectivity index (χ4v) is 3.06. The Morgan fingerprint density at radius 1 is 1.07 bits per heavy atom. The molecule has 0 saturated heterocycles. The Kier molecular flexibility index (Phi) is 5.92. The number of hydrogen-bond donors (Lipinski definition) is 1. The summed E-state index contributed by atoms with van der Waals surface area (Å²) in [6.07, 6.45) is 1.67. The third-order valence-electron chi connectivity index (χ3n) is 4.09. The summed E-state index contributed by atoms with van der Waals surface area (Å²) in [6.45, 7) is 0.241. The Hall–Kier alpha value is -2.96. The number of benzene rings is 2. The molecule has 4 aromatic rings. The van der Waals surface area contributed by atoms with Crippen LogP contribution in [0.3, 0.4) is 0 Å². The van der Waals surface area contributed by atoms with Gasteiger partial charge in [-0.1, -0.05) is 29.8 Å². The number of rotatable bonds is 4. The maximum Gasteiger partial charge on any atom is 0.266 e. The zero-order valence-corrected chi connectivity index (χ0v) is 16.0. The summed E-state index contributed by atoms with van der Waals surface area (Å²) in [5.74, 6) is 0.598. The summed E-state index contributed by atoms with van der Waals surface area (Å²) in [6, 6.07) is 16.4. The van der Waals surface area contributed by atoms with E-state index in [0.29, 0.717) is 27.9 Å². The minimum absolute atomic E-state index is 0. The van der Waals surface area contributed by atoms with Crippen molar-refractivity contribution < 1.29 is 4.39 Å². The second kappa shape index (κ2) is 8.37. The Balaban J connectivity index is 0.00000225. The minimum atomic E-state index is -0.494. The molecule has 0 atom stereocenters. The number of halogens is 3. The molecule has 0 aliphatic heterocycles. The first kappa shape index (κ1) is 19.8. The van der Waals surface area contributed by atoms with Crippen LogP contribution < -0.4 is 10.9 Å². The quantitative estimate of drug-likeness (QED) is 0.527. The van der Waals surface area contributed by atoms with Gasteiger partial charge in [-0.2, -0.15) is 0 Å². The molecule has 0 amide bonds. The Morgan fingerprint density at radius 2 is 1.86 bits per heavy atom. The van der Waals surface area contributed by atoms with Gasteiger partial charge in [-0.05, 0) is 42.5 Å². The standard InChI is InChI=1S/C20H14ClFN4O.ClH/c21-15-5-1-2-6-17(15)26-19(12-24-18-7-3-4-10-23-18)25-16-9-8-13(22)11-14(16)20(26)27;/h1-11H,12H2,(H,23,24);1H. The van der Waals surface area contributed by atoms with Crippen molar-refractivity contribution in [2.75, 3.05) is 5.32 Å². The van der Waals surface area contributed by atoms with E-state index in [1.54, 1.807) is 30.5 Å². The number of hydrogen-bond acceptors (Lipinski definition) is 4. The third kappa shape index (κ3) is 3.83. The van der Waals surface area contributed by atoms with Crippen LogP contribution in [-0.4, -0.2) is 14.5 Å². The van der Waals surface area contributed by atoms with Crippen molar-refractivity contribution in [2.24, 2.45) is 0 Å². The van der Waals surface area contributed by atoms with Crippen LogP contribution in [0.15, 0.2) is 71.7 Å². The number of anilines is 1. The van der Waals surface area contributed by atoms with E-state index >= 15 is 0 Å². The van der Waals surface area contributed by atoms with E-state index in [1.165, 1.54) is 22.8 Å². The summed E-state index contributed by atoms with van der Waals surface area (Å²) in [5, 5.41) is 3.73. The first-order valence-corrected chi connectivity index (χ1v) is 8.62. The van der Waals surface area contributed by atoms with E-state index in [0.717, 1.165) is 0 Å². The number of fused-ring (bicyclic) bond motifs is 1. The molecule has 0 aliphatic rings. The number of nitrogens with zero attached hydrogens (tertiary/aromatic N) is 3. The van der Waals surface area contributed by atoms with E-state index in [9.17, 15) is 9.18 Å². The summed E-state index contributed by atoms with van der Waals surface area (Å²) < 4.78 is 15.1. The monoisotopic (exact) mass is 416 g/mol. The lowest BCUT2D eigenvalue weighted by molar-refractivity contribution is 0.629. The van der Waals surface area contributed by atoms with Gasteiger partial charge >= 0.3 is 0 Å². The molecule has 5 nitrogen and oxygen atoms in total. The highest BCUT2D eigenvalue weighted by Gasteiger charge is 2.15. The van der Waals surface area contributed by atoms with Gasteiger partial charge in [0, 0.05) is 6.20 Å². The molecule has 0 saturated carbocycles. The topological polar surface area (TPSA) is 59.8 Å². The predicted octanol–water partition coefficient (Wildman–Crippen LogP) is 4.61. The lowest BCUT2D eigenvalue weighted by Crippen LogP contribution is -2.25. The molecular formula is C20H15Cl2FN4O. The largest absolute Gasteiger partial charge is 0.363 e. The maximum absolute atomic E-state index is 13.7. The molecule has 142 valence electrons. The van der Waals surface area contributed by atoms with Crippen LogP contribution in [0.4, 0.5) is 10.2 Å². The molecule has 0 radical (unpaired) electrons. The van der Waals surface area contributed by atoms with Crippen LogP contribution in [-0.2, 0) is 6.54 Å². The molecule has 4 rings (SSSR count). The average molecular weight is 417 g/mol. The lowest BCUT2D eigenvalue weighted by atomic mass is 10.2. The molecule has 8 heteroatoms. The highest BCUT2D eigenvalue weighted by molar-refractivity contribution is 6.32. The molecule has 0 spiro atoms. The van der Waals surface area contributed by atoms with Crippen LogP contribution in [0.1, 0.15) is 5.82 Å². The second-order valence-corrected chi connectivity index (χ2v) is 6.26. The number of nitrogens with one attached hydrogen (secondary N) is 1. The maximum atomic E-state index is 13.7. The molecule has 2 heterocycles. The minimum Gasteiger partial charge on any atom is -0.363 e. The van der Waals surface area contributed by atoms with Gasteiger partial charge in [-0.15, -0.1) is 12.4 Å². The summed E-state index contributed by atoms with van der Waals surface area (Å²) in [4.78, 5) is 21.9. The Labute approximate surface area is 171 Å². The first-order chi connectivity index (χ1) is 13.1. The Morgan fingerprint density at radius 3 is 2.61 bits per heavy atom. The van der Waals surface area contributed by atoms with Crippen LogP contribution in [0.2, 0.25) is 5.02 Å². The summed E-state index contributed by atoms with van der Waals surface area (Å²) >= 11 is 6.31. The lowest BCUT2D eigenvalue weighted by Gasteiger charge is -2.15. The normalized spacial score (nSPS) is 10.5. The van der Waals surface area contributed by atoms with Crippen molar-refractivity contribution in [3.8, 4) is 5.69 Å². The van der Waals surface area contributed by atoms with E-state index < -0.39 is 5.82 Å². The Bertz CT molecular complexity index is 1180. The highest BCUT2D eigenvalue weighted by atomic mass is 35.5. The van der Waals surface area contributed by atoms with Gasteiger partial charge < -0.3 is 5.32 Å². The SMILES string of the molecule is Cl.O=c1c2cc(F)ccc2nc(CNc2ccccn2)n1-c1ccccc1Cl. The van der Waals surface area contributed by atoms with E-state index in [1.807, 2.05) is 18.2 Å². The van der Waals surface area contributed by atoms with Gasteiger partial charge in [-0.25, -0.2) is 14.4 Å². The van der Waals surface area contributed by atoms with Crippen molar-refractivity contribution in [1.29, 1.82) is 0 Å². The van der Waals surface area contributed by atoms with Gasteiger partial charge in [0.25, 0.3) is 5.56 Å². The number of para-hydroxylation sites is 1. The molecule has 28 heavy (non-hydrogen) atoms. The van der Waals surface area contributed by atoms with Gasteiger partial charge in [0.1, 0.15) is 17.5 Å². The smallest absolute Gasteiger partial charge is 0.266 e. The first-order valence-electron chi connectivity index (χ1n) is 8.24. The van der Waals surface area contributed by atoms with Crippen LogP contribution in [0, 0.1) is 5.82 Å². The molecule has 2 aromatic carbocycles. The van der Waals surface area contributed by atoms with Gasteiger partial charge in [0.2, 0.25) is 0 Å². The zero-order chi connectivity index (χ0) is 18.8. The summed E-state index contributed by atoms with van der Waals surface area (Å²) in [5.41, 5.74) is 0.522. The highest BCUT2D eigenvalue weighted by Crippen LogP contribution is 2.21. The van der Waals surface area contributed by atoms with E-state index in [2.05, 4.69) is 15.3 Å². The summed E-state index contributed by atoms with van der Waals surface area (Å²) in [7, 11) is 0. The molecule has 2 aromatic heterocycles. The van der Waals surface area contributed by atoms with E-state index in [-0.39, 0.29) is 29.9 Å². The number of aromatic nitrogens is 3. The molecule has 0 bridgehead atoms. The van der Waals surface area contributed by atoms with Gasteiger partial charge in [0.05, 0.1) is 28.2 Å². The van der Waals surface area contributed by atoms with Crippen LogP contribution in [0.5, 0.6) is 0 Å². The average Bonchev–Trinajstić information content (AvgIpc) is 2.69. The van der Waals surface area contributed by atoms with Gasteiger partial charge in [0.15, 0.2) is 0 Å². The van der Waals surface area contributed by atoms with Crippen LogP contribution in [0.25, 0.3) is 16.6 Å². The number of pyridine rings is 1. The molecule has 0 fully saturated rings. The van der Waals surface area contributed by atoms with Crippen LogP contribution >= 0.6 is 24.0 Å². The second-order valence-electron chi connectivity index (χ2n) is 5.85. The third-order valence-corrected chi connectivity index (χ3v) is 4.41. The van der Waals surface area contributed by atoms with E-state index in [4.69, 9.17) is 11.6 Å². The fourth-order valence-electron chi connectivity index (χ4n) is 2.84. The zero-order valence-electron chi connectivity index (χ0n) is 14.5. The van der Waals surface area contributed by atoms with Crippen molar-refractivity contribution in [3.63, 3.8) is 0 Å². The van der Waals surface area contributed by atoms with Crippen molar-refractivity contribution in [1.82, 2.24) is 14.5 Å². The van der Waals surface area contributed by atoms with Crippen molar-refractivity contribution in [2.45, 2.75) is 6.54 Å². The van der Waals surface area contributed by atoms with Crippen molar-refractivity contribution in [3.05, 3.63) is 93.9 Å². The predicted molar refractivity (Wildman–Crippen MR) is 111 cm³/mol. The molecular weight excluding hydrogens is 402 g/mol. The van der Waals surface area contributed by atoms with Crippen molar-refractivity contribution >= 4 is 40.7 Å². The fraction of sp³-hybridized carbons (Fsp3) is 0.0500. The molecule has 0 aliphatic carbocycles.